The summed E-state index contributed by atoms with van der Waals surface area (Å²) >= 11 is 0. The van der Waals surface area contributed by atoms with E-state index in [0.29, 0.717) is 18.5 Å². The zero-order valence-electron chi connectivity index (χ0n) is 13.6. The van der Waals surface area contributed by atoms with Gasteiger partial charge in [-0.05, 0) is 44.7 Å². The van der Waals surface area contributed by atoms with E-state index < -0.39 is 9.84 Å². The zero-order valence-corrected chi connectivity index (χ0v) is 14.4. The van der Waals surface area contributed by atoms with Gasteiger partial charge >= 0.3 is 0 Å². The molecule has 0 aromatic carbocycles. The average molecular weight is 304 g/mol. The van der Waals surface area contributed by atoms with Crippen LogP contribution >= 0.6 is 0 Å². The quantitative estimate of drug-likeness (QED) is 0.742. The van der Waals surface area contributed by atoms with Gasteiger partial charge in [0.1, 0.15) is 9.84 Å². The van der Waals surface area contributed by atoms with E-state index in [2.05, 4.69) is 24.1 Å². The normalized spacial score (nSPS) is 27.9. The Balaban J connectivity index is 2.50. The molecule has 1 aliphatic rings. The van der Waals surface area contributed by atoms with Gasteiger partial charge in [-0.25, -0.2) is 8.42 Å². The van der Waals surface area contributed by atoms with Crippen LogP contribution in [-0.2, 0) is 9.84 Å². The first-order valence-electron chi connectivity index (χ1n) is 7.95. The Kier molecular flexibility index (Phi) is 7.48. The summed E-state index contributed by atoms with van der Waals surface area (Å²) in [4.78, 5) is 2.19. The van der Waals surface area contributed by atoms with Crippen molar-refractivity contribution in [2.24, 2.45) is 11.8 Å². The van der Waals surface area contributed by atoms with Crippen molar-refractivity contribution < 1.29 is 8.42 Å². The maximum absolute atomic E-state index is 11.3. The van der Waals surface area contributed by atoms with Crippen LogP contribution in [-0.4, -0.2) is 58.1 Å². The van der Waals surface area contributed by atoms with Crippen molar-refractivity contribution in [3.8, 4) is 0 Å². The van der Waals surface area contributed by atoms with Gasteiger partial charge in [-0.1, -0.05) is 20.3 Å². The van der Waals surface area contributed by atoms with Crippen LogP contribution in [0.5, 0.6) is 0 Å². The topological polar surface area (TPSA) is 49.4 Å². The second-order valence-electron chi connectivity index (χ2n) is 6.40. The highest BCUT2D eigenvalue weighted by atomic mass is 32.2. The molecule has 4 nitrogen and oxygen atoms in total. The molecule has 0 aromatic rings. The van der Waals surface area contributed by atoms with Crippen LogP contribution in [0, 0.1) is 11.8 Å². The molecular formula is C15H32N2O2S. The van der Waals surface area contributed by atoms with Crippen LogP contribution in [0.3, 0.4) is 0 Å². The van der Waals surface area contributed by atoms with Crippen molar-refractivity contribution >= 4 is 9.84 Å². The van der Waals surface area contributed by atoms with Crippen molar-refractivity contribution in [3.63, 3.8) is 0 Å². The van der Waals surface area contributed by atoms with E-state index in [1.807, 2.05) is 7.05 Å². The first kappa shape index (κ1) is 17.9. The molecule has 0 aromatic heterocycles. The number of nitrogens with one attached hydrogen (secondary N) is 1. The molecule has 0 aliphatic heterocycles. The summed E-state index contributed by atoms with van der Waals surface area (Å²) in [6, 6.07) is 0.600. The minimum atomic E-state index is -2.86. The molecule has 120 valence electrons. The van der Waals surface area contributed by atoms with Gasteiger partial charge in [0.25, 0.3) is 0 Å². The minimum Gasteiger partial charge on any atom is -0.314 e. The fourth-order valence-electron chi connectivity index (χ4n) is 3.28. The van der Waals surface area contributed by atoms with E-state index in [0.717, 1.165) is 19.0 Å². The summed E-state index contributed by atoms with van der Waals surface area (Å²) in [6.07, 6.45) is 6.45. The lowest BCUT2D eigenvalue weighted by Gasteiger charge is -2.38. The Bertz CT molecular complexity index is 370. The molecule has 1 N–H and O–H groups in total. The number of hydrogen-bond acceptors (Lipinski definition) is 4. The van der Waals surface area contributed by atoms with E-state index in [-0.39, 0.29) is 5.75 Å². The van der Waals surface area contributed by atoms with Crippen LogP contribution in [0.1, 0.15) is 39.5 Å². The number of nitrogens with zero attached hydrogens (tertiary/aromatic N) is 1. The molecule has 0 amide bonds. The SMILES string of the molecule is CCNC1CCC(CC)CC1CN(C)CCS(C)(=O)=O. The van der Waals surface area contributed by atoms with Crippen molar-refractivity contribution in [1.29, 1.82) is 0 Å². The molecule has 0 heterocycles. The van der Waals surface area contributed by atoms with E-state index in [4.69, 9.17) is 0 Å². The number of sulfone groups is 1. The summed E-state index contributed by atoms with van der Waals surface area (Å²) in [5.74, 6) is 1.76. The first-order valence-corrected chi connectivity index (χ1v) is 10.0. The van der Waals surface area contributed by atoms with Gasteiger partial charge in [0, 0.05) is 25.4 Å². The van der Waals surface area contributed by atoms with Crippen molar-refractivity contribution in [2.45, 2.75) is 45.6 Å². The van der Waals surface area contributed by atoms with Crippen molar-refractivity contribution in [1.82, 2.24) is 10.2 Å². The molecular weight excluding hydrogens is 272 g/mol. The second-order valence-corrected chi connectivity index (χ2v) is 8.66. The van der Waals surface area contributed by atoms with Crippen molar-refractivity contribution in [2.75, 3.05) is 38.7 Å². The summed E-state index contributed by atoms with van der Waals surface area (Å²) in [5, 5.41) is 3.61. The van der Waals surface area contributed by atoms with Gasteiger partial charge in [-0.2, -0.15) is 0 Å². The van der Waals surface area contributed by atoms with Gasteiger partial charge < -0.3 is 10.2 Å². The molecule has 5 heteroatoms. The summed E-state index contributed by atoms with van der Waals surface area (Å²) < 4.78 is 22.5. The molecule has 1 aliphatic carbocycles. The van der Waals surface area contributed by atoms with Gasteiger partial charge in [0.15, 0.2) is 0 Å². The van der Waals surface area contributed by atoms with Crippen LogP contribution in [0.15, 0.2) is 0 Å². The molecule has 0 saturated heterocycles. The predicted octanol–water partition coefficient (Wildman–Crippen LogP) is 1.77. The van der Waals surface area contributed by atoms with Gasteiger partial charge in [-0.3, -0.25) is 0 Å². The molecule has 0 radical (unpaired) electrons. The molecule has 0 spiro atoms. The van der Waals surface area contributed by atoms with Gasteiger partial charge in [-0.15, -0.1) is 0 Å². The Labute approximate surface area is 125 Å². The van der Waals surface area contributed by atoms with E-state index in [1.54, 1.807) is 0 Å². The maximum Gasteiger partial charge on any atom is 0.148 e. The molecule has 1 saturated carbocycles. The molecule has 0 bridgehead atoms. The lowest BCUT2D eigenvalue weighted by molar-refractivity contribution is 0.156. The highest BCUT2D eigenvalue weighted by molar-refractivity contribution is 7.90. The molecule has 1 fully saturated rings. The molecule has 3 atom stereocenters. The summed E-state index contributed by atoms with van der Waals surface area (Å²) in [6.45, 7) is 7.11. The Morgan fingerprint density at radius 1 is 1.25 bits per heavy atom. The number of hydrogen-bond donors (Lipinski definition) is 1. The van der Waals surface area contributed by atoms with Crippen LogP contribution < -0.4 is 5.32 Å². The highest BCUT2D eigenvalue weighted by Gasteiger charge is 2.29. The highest BCUT2D eigenvalue weighted by Crippen LogP contribution is 2.31. The van der Waals surface area contributed by atoms with Crippen molar-refractivity contribution in [3.05, 3.63) is 0 Å². The third-order valence-corrected chi connectivity index (χ3v) is 5.45. The fraction of sp³-hybridized carbons (Fsp3) is 1.00. The number of rotatable bonds is 8. The van der Waals surface area contributed by atoms with Gasteiger partial charge in [0.2, 0.25) is 0 Å². The standard InChI is InChI=1S/C15H32N2O2S/c1-5-13-7-8-15(16-6-2)14(11-13)12-17(3)9-10-20(4,18)19/h13-16H,5-12H2,1-4H3. The largest absolute Gasteiger partial charge is 0.314 e. The monoisotopic (exact) mass is 304 g/mol. The smallest absolute Gasteiger partial charge is 0.148 e. The minimum absolute atomic E-state index is 0.263. The third kappa shape index (κ3) is 6.55. The van der Waals surface area contributed by atoms with E-state index in [1.165, 1.54) is 31.9 Å². The summed E-state index contributed by atoms with van der Waals surface area (Å²) in [5.41, 5.74) is 0. The fourth-order valence-corrected chi connectivity index (χ4v) is 3.92. The lowest BCUT2D eigenvalue weighted by Crippen LogP contribution is -2.45. The Hall–Kier alpha value is -0.130. The molecule has 20 heavy (non-hydrogen) atoms. The summed E-state index contributed by atoms with van der Waals surface area (Å²) in [7, 11) is -0.811. The van der Waals surface area contributed by atoms with E-state index in [9.17, 15) is 8.42 Å². The average Bonchev–Trinajstić information content (AvgIpc) is 2.38. The van der Waals surface area contributed by atoms with Crippen LogP contribution in [0.25, 0.3) is 0 Å². The maximum atomic E-state index is 11.3. The Morgan fingerprint density at radius 2 is 1.95 bits per heavy atom. The third-order valence-electron chi connectivity index (χ3n) is 4.52. The molecule has 1 rings (SSSR count). The Morgan fingerprint density at radius 3 is 2.50 bits per heavy atom. The first-order chi connectivity index (χ1) is 9.35. The van der Waals surface area contributed by atoms with E-state index >= 15 is 0 Å². The lowest BCUT2D eigenvalue weighted by atomic mass is 9.76. The predicted molar refractivity (Wildman–Crippen MR) is 85.8 cm³/mol. The van der Waals surface area contributed by atoms with Crippen LogP contribution in [0.2, 0.25) is 0 Å². The molecule has 3 unspecified atom stereocenters. The zero-order chi connectivity index (χ0) is 15.2. The van der Waals surface area contributed by atoms with Crippen LogP contribution in [0.4, 0.5) is 0 Å². The van der Waals surface area contributed by atoms with Gasteiger partial charge in [0.05, 0.1) is 5.75 Å². The second kappa shape index (κ2) is 8.35.